The van der Waals surface area contributed by atoms with Crippen LogP contribution >= 0.6 is 0 Å². The van der Waals surface area contributed by atoms with Crippen molar-refractivity contribution in [2.45, 2.75) is 31.7 Å². The van der Waals surface area contributed by atoms with Gasteiger partial charge in [-0.15, -0.1) is 0 Å². The van der Waals surface area contributed by atoms with E-state index in [1.165, 1.54) is 19.3 Å². The van der Waals surface area contributed by atoms with Crippen molar-refractivity contribution in [1.29, 1.82) is 0 Å². The molecule has 2 nitrogen and oxygen atoms in total. The summed E-state index contributed by atoms with van der Waals surface area (Å²) in [6.45, 7) is 1.41. The lowest BCUT2D eigenvalue weighted by Gasteiger charge is -2.38. The smallest absolute Gasteiger partial charge is 0.182 e. The first-order chi connectivity index (χ1) is 9.13. The Morgan fingerprint density at radius 3 is 2.68 bits per heavy atom. The largest absolute Gasteiger partial charge is 0.367 e. The maximum Gasteiger partial charge on any atom is 0.182 e. The fourth-order valence-corrected chi connectivity index (χ4v) is 3.18. The SMILES string of the molecule is NC1CC(CC2CC2)CN(c2cccc(F)c2F)C1. The van der Waals surface area contributed by atoms with Gasteiger partial charge in [0.05, 0.1) is 5.69 Å². The van der Waals surface area contributed by atoms with E-state index in [1.807, 2.05) is 4.90 Å². The summed E-state index contributed by atoms with van der Waals surface area (Å²) < 4.78 is 27.2. The number of rotatable bonds is 3. The molecule has 1 heterocycles. The van der Waals surface area contributed by atoms with Gasteiger partial charge in [0, 0.05) is 19.1 Å². The van der Waals surface area contributed by atoms with E-state index in [0.29, 0.717) is 18.2 Å². The molecule has 2 fully saturated rings. The third kappa shape index (κ3) is 2.89. The van der Waals surface area contributed by atoms with Gasteiger partial charge in [-0.1, -0.05) is 18.9 Å². The van der Waals surface area contributed by atoms with Gasteiger partial charge in [-0.05, 0) is 36.8 Å². The predicted molar refractivity (Wildman–Crippen MR) is 72.0 cm³/mol. The van der Waals surface area contributed by atoms with Gasteiger partial charge in [0.15, 0.2) is 11.6 Å². The van der Waals surface area contributed by atoms with Crippen LogP contribution in [0.15, 0.2) is 18.2 Å². The highest BCUT2D eigenvalue weighted by molar-refractivity contribution is 5.48. The lowest BCUT2D eigenvalue weighted by atomic mass is 9.90. The number of benzene rings is 1. The highest BCUT2D eigenvalue weighted by Crippen LogP contribution is 2.38. The molecule has 2 aliphatic rings. The molecule has 104 valence electrons. The minimum Gasteiger partial charge on any atom is -0.367 e. The average molecular weight is 266 g/mol. The zero-order valence-electron chi connectivity index (χ0n) is 11.0. The summed E-state index contributed by atoms with van der Waals surface area (Å²) in [6, 6.07) is 4.42. The maximum absolute atomic E-state index is 13.9. The first-order valence-corrected chi connectivity index (χ1v) is 7.08. The van der Waals surface area contributed by atoms with Gasteiger partial charge in [-0.2, -0.15) is 0 Å². The van der Waals surface area contributed by atoms with Crippen LogP contribution < -0.4 is 10.6 Å². The van der Waals surface area contributed by atoms with Crippen LogP contribution in [0.2, 0.25) is 0 Å². The van der Waals surface area contributed by atoms with Crippen molar-refractivity contribution in [1.82, 2.24) is 0 Å². The third-order valence-corrected chi connectivity index (χ3v) is 4.21. The second-order valence-electron chi connectivity index (χ2n) is 6.02. The lowest BCUT2D eigenvalue weighted by molar-refractivity contribution is 0.341. The minimum absolute atomic E-state index is 0.0557. The number of nitrogens with two attached hydrogens (primary N) is 1. The lowest BCUT2D eigenvalue weighted by Crippen LogP contribution is -2.47. The van der Waals surface area contributed by atoms with E-state index in [2.05, 4.69) is 0 Å². The molecule has 2 unspecified atom stereocenters. The quantitative estimate of drug-likeness (QED) is 0.911. The van der Waals surface area contributed by atoms with Crippen molar-refractivity contribution in [3.05, 3.63) is 29.8 Å². The van der Waals surface area contributed by atoms with Gasteiger partial charge in [-0.25, -0.2) is 8.78 Å². The molecule has 0 radical (unpaired) electrons. The zero-order valence-corrected chi connectivity index (χ0v) is 11.0. The van der Waals surface area contributed by atoms with Crippen molar-refractivity contribution in [3.63, 3.8) is 0 Å². The van der Waals surface area contributed by atoms with Gasteiger partial charge in [0.25, 0.3) is 0 Å². The molecule has 2 atom stereocenters. The molecular weight excluding hydrogens is 246 g/mol. The van der Waals surface area contributed by atoms with E-state index in [-0.39, 0.29) is 6.04 Å². The van der Waals surface area contributed by atoms with Crippen molar-refractivity contribution < 1.29 is 8.78 Å². The summed E-state index contributed by atoms with van der Waals surface area (Å²) in [5, 5.41) is 0. The van der Waals surface area contributed by atoms with Crippen molar-refractivity contribution in [3.8, 4) is 0 Å². The molecule has 1 saturated carbocycles. The van der Waals surface area contributed by atoms with E-state index in [0.717, 1.165) is 24.9 Å². The summed E-state index contributed by atoms with van der Waals surface area (Å²) >= 11 is 0. The number of anilines is 1. The topological polar surface area (TPSA) is 29.3 Å². The maximum atomic E-state index is 13.9. The van der Waals surface area contributed by atoms with E-state index in [1.54, 1.807) is 12.1 Å². The van der Waals surface area contributed by atoms with Gasteiger partial charge < -0.3 is 10.6 Å². The Labute approximate surface area is 112 Å². The standard InChI is InChI=1S/C15H20F2N2/c16-13-2-1-3-14(15(13)17)19-8-11(6-10-4-5-10)7-12(18)9-19/h1-3,10-12H,4-9,18H2. The molecule has 19 heavy (non-hydrogen) atoms. The summed E-state index contributed by atoms with van der Waals surface area (Å²) in [5.74, 6) is -0.175. The molecule has 1 saturated heterocycles. The van der Waals surface area contributed by atoms with Crippen LogP contribution in [0.1, 0.15) is 25.7 Å². The molecule has 1 aromatic carbocycles. The van der Waals surface area contributed by atoms with Gasteiger partial charge >= 0.3 is 0 Å². The minimum atomic E-state index is -0.782. The normalized spacial score (nSPS) is 27.6. The molecule has 4 heteroatoms. The fourth-order valence-electron chi connectivity index (χ4n) is 3.18. The number of hydrogen-bond donors (Lipinski definition) is 1. The van der Waals surface area contributed by atoms with Crippen molar-refractivity contribution in [2.24, 2.45) is 17.6 Å². The molecule has 0 bridgehead atoms. The molecule has 2 N–H and O–H groups in total. The molecule has 1 aromatic rings. The highest BCUT2D eigenvalue weighted by atomic mass is 19.2. The molecule has 3 rings (SSSR count). The summed E-state index contributed by atoms with van der Waals surface area (Å²) in [4.78, 5) is 1.92. The third-order valence-electron chi connectivity index (χ3n) is 4.21. The Morgan fingerprint density at radius 1 is 1.16 bits per heavy atom. The van der Waals surface area contributed by atoms with Crippen LogP contribution in [0.5, 0.6) is 0 Å². The van der Waals surface area contributed by atoms with Gasteiger partial charge in [0.1, 0.15) is 0 Å². The molecule has 0 amide bonds. The summed E-state index contributed by atoms with van der Waals surface area (Å²) in [6.07, 6.45) is 4.82. The Balaban J connectivity index is 1.76. The van der Waals surface area contributed by atoms with Gasteiger partial charge in [-0.3, -0.25) is 0 Å². The van der Waals surface area contributed by atoms with Crippen molar-refractivity contribution >= 4 is 5.69 Å². The molecule has 1 aliphatic heterocycles. The summed E-state index contributed by atoms with van der Waals surface area (Å²) in [7, 11) is 0. The van der Waals surface area contributed by atoms with E-state index >= 15 is 0 Å². The second kappa shape index (κ2) is 5.08. The highest BCUT2D eigenvalue weighted by Gasteiger charge is 2.32. The molecule has 1 aliphatic carbocycles. The fraction of sp³-hybridized carbons (Fsp3) is 0.600. The van der Waals surface area contributed by atoms with Gasteiger partial charge in [0.2, 0.25) is 0 Å². The van der Waals surface area contributed by atoms with Crippen LogP contribution in [-0.2, 0) is 0 Å². The van der Waals surface area contributed by atoms with Crippen LogP contribution in [-0.4, -0.2) is 19.1 Å². The Hall–Kier alpha value is -1.16. The summed E-state index contributed by atoms with van der Waals surface area (Å²) in [5.41, 5.74) is 6.44. The first-order valence-electron chi connectivity index (χ1n) is 7.08. The van der Waals surface area contributed by atoms with Crippen molar-refractivity contribution in [2.75, 3.05) is 18.0 Å². The van der Waals surface area contributed by atoms with E-state index < -0.39 is 11.6 Å². The van der Waals surface area contributed by atoms with Crippen LogP contribution in [0.25, 0.3) is 0 Å². The Morgan fingerprint density at radius 2 is 1.95 bits per heavy atom. The van der Waals surface area contributed by atoms with Crippen LogP contribution in [0, 0.1) is 23.5 Å². The number of hydrogen-bond acceptors (Lipinski definition) is 2. The Bertz CT molecular complexity index is 457. The number of halogens is 2. The second-order valence-corrected chi connectivity index (χ2v) is 6.02. The zero-order chi connectivity index (χ0) is 13.4. The molecular formula is C15H20F2N2. The Kier molecular flexibility index (Phi) is 3.44. The van der Waals surface area contributed by atoms with E-state index in [4.69, 9.17) is 5.73 Å². The molecule has 0 spiro atoms. The van der Waals surface area contributed by atoms with E-state index in [9.17, 15) is 8.78 Å². The average Bonchev–Trinajstić information content (AvgIpc) is 3.16. The first kappa shape index (κ1) is 12.9. The van der Waals surface area contributed by atoms with Crippen LogP contribution in [0.3, 0.4) is 0 Å². The monoisotopic (exact) mass is 266 g/mol. The predicted octanol–water partition coefficient (Wildman–Crippen LogP) is 2.92. The number of piperidine rings is 1. The van der Waals surface area contributed by atoms with Crippen LogP contribution in [0.4, 0.5) is 14.5 Å². The number of nitrogens with zero attached hydrogens (tertiary/aromatic N) is 1. The molecule has 0 aromatic heterocycles.